The van der Waals surface area contributed by atoms with Crippen LogP contribution < -0.4 is 15.4 Å². The van der Waals surface area contributed by atoms with Crippen LogP contribution in [0.5, 0.6) is 5.75 Å². The van der Waals surface area contributed by atoms with Gasteiger partial charge in [0.25, 0.3) is 0 Å². The Kier molecular flexibility index (Phi) is 4.37. The number of nitrogens with one attached hydrogen (secondary N) is 2. The van der Waals surface area contributed by atoms with E-state index in [4.69, 9.17) is 4.74 Å². The van der Waals surface area contributed by atoms with E-state index in [0.29, 0.717) is 11.4 Å². The summed E-state index contributed by atoms with van der Waals surface area (Å²) in [6, 6.07) is 7.10. The summed E-state index contributed by atoms with van der Waals surface area (Å²) in [5.41, 5.74) is 0.450. The Bertz CT molecular complexity index is 389. The Morgan fingerprint density at radius 1 is 1.35 bits per heavy atom. The van der Waals surface area contributed by atoms with Crippen molar-refractivity contribution in [1.29, 1.82) is 0 Å². The van der Waals surface area contributed by atoms with Crippen molar-refractivity contribution in [2.45, 2.75) is 32.7 Å². The predicted octanol–water partition coefficient (Wildman–Crippen LogP) is 3.01. The molecule has 94 valence electrons. The summed E-state index contributed by atoms with van der Waals surface area (Å²) in [6.45, 7) is 5.99. The zero-order valence-electron chi connectivity index (χ0n) is 10.8. The fourth-order valence-corrected chi connectivity index (χ4v) is 1.30. The van der Waals surface area contributed by atoms with Gasteiger partial charge in [-0.3, -0.25) is 0 Å². The Morgan fingerprint density at radius 3 is 2.59 bits per heavy atom. The fraction of sp³-hybridized carbons (Fsp3) is 0.462. The highest BCUT2D eigenvalue weighted by Gasteiger charge is 2.18. The lowest BCUT2D eigenvalue weighted by atomic mass is 10.0. The zero-order valence-corrected chi connectivity index (χ0v) is 10.8. The first-order valence-corrected chi connectivity index (χ1v) is 5.70. The second kappa shape index (κ2) is 5.57. The van der Waals surface area contributed by atoms with Gasteiger partial charge in [0, 0.05) is 5.54 Å². The molecule has 0 aromatic heterocycles. The maximum absolute atomic E-state index is 11.8. The molecule has 0 saturated heterocycles. The van der Waals surface area contributed by atoms with Crippen molar-refractivity contribution >= 4 is 11.7 Å². The van der Waals surface area contributed by atoms with Gasteiger partial charge in [-0.2, -0.15) is 0 Å². The number of methoxy groups -OCH3 is 1. The van der Waals surface area contributed by atoms with Crippen LogP contribution in [0.3, 0.4) is 0 Å². The number of rotatable bonds is 4. The van der Waals surface area contributed by atoms with E-state index >= 15 is 0 Å². The van der Waals surface area contributed by atoms with E-state index < -0.39 is 0 Å². The molecule has 2 amide bonds. The summed E-state index contributed by atoms with van der Waals surface area (Å²) in [5.74, 6) is 0.650. The van der Waals surface area contributed by atoms with Gasteiger partial charge >= 0.3 is 6.03 Å². The van der Waals surface area contributed by atoms with Crippen LogP contribution in [0.15, 0.2) is 24.3 Å². The molecule has 0 aliphatic rings. The average Bonchev–Trinajstić information content (AvgIpc) is 2.29. The Morgan fingerprint density at radius 2 is 2.00 bits per heavy atom. The van der Waals surface area contributed by atoms with E-state index in [-0.39, 0.29) is 11.6 Å². The zero-order chi connectivity index (χ0) is 12.9. The smallest absolute Gasteiger partial charge is 0.319 e. The summed E-state index contributed by atoms with van der Waals surface area (Å²) in [4.78, 5) is 11.8. The third kappa shape index (κ3) is 3.98. The summed E-state index contributed by atoms with van der Waals surface area (Å²) >= 11 is 0. The molecule has 0 atom stereocenters. The van der Waals surface area contributed by atoms with Gasteiger partial charge in [0.1, 0.15) is 5.75 Å². The molecule has 0 aliphatic heterocycles. The summed E-state index contributed by atoms with van der Waals surface area (Å²) in [5, 5.41) is 5.68. The summed E-state index contributed by atoms with van der Waals surface area (Å²) in [7, 11) is 1.58. The van der Waals surface area contributed by atoms with Gasteiger partial charge in [-0.05, 0) is 32.4 Å². The minimum atomic E-state index is -0.221. The first-order chi connectivity index (χ1) is 7.98. The van der Waals surface area contributed by atoms with Gasteiger partial charge in [0.2, 0.25) is 0 Å². The molecule has 17 heavy (non-hydrogen) atoms. The van der Waals surface area contributed by atoms with Crippen LogP contribution in [0.2, 0.25) is 0 Å². The van der Waals surface area contributed by atoms with E-state index in [1.807, 2.05) is 32.9 Å². The number of amides is 2. The van der Waals surface area contributed by atoms with Crippen LogP contribution in [0.4, 0.5) is 10.5 Å². The average molecular weight is 236 g/mol. The van der Waals surface area contributed by atoms with E-state index in [9.17, 15) is 4.79 Å². The molecule has 0 aliphatic carbocycles. The van der Waals surface area contributed by atoms with Crippen LogP contribution in [0.25, 0.3) is 0 Å². The lowest BCUT2D eigenvalue weighted by Gasteiger charge is -2.24. The number of para-hydroxylation sites is 2. The van der Waals surface area contributed by atoms with Gasteiger partial charge in [0.05, 0.1) is 12.8 Å². The standard InChI is InChI=1S/C13H20N2O2/c1-5-13(2,3)15-12(16)14-10-8-6-7-9-11(10)17-4/h6-9H,5H2,1-4H3,(H2,14,15,16). The normalized spacial score (nSPS) is 10.8. The van der Waals surface area contributed by atoms with Crippen LogP contribution >= 0.6 is 0 Å². The molecule has 0 saturated carbocycles. The molecule has 0 radical (unpaired) electrons. The molecular formula is C13H20N2O2. The molecular weight excluding hydrogens is 216 g/mol. The minimum Gasteiger partial charge on any atom is -0.495 e. The molecule has 4 nitrogen and oxygen atoms in total. The molecule has 0 heterocycles. The van der Waals surface area contributed by atoms with E-state index in [2.05, 4.69) is 10.6 Å². The van der Waals surface area contributed by atoms with Gasteiger partial charge in [0.15, 0.2) is 0 Å². The first-order valence-electron chi connectivity index (χ1n) is 5.70. The van der Waals surface area contributed by atoms with Crippen molar-refractivity contribution < 1.29 is 9.53 Å². The molecule has 0 spiro atoms. The quantitative estimate of drug-likeness (QED) is 0.844. The van der Waals surface area contributed by atoms with Gasteiger partial charge < -0.3 is 15.4 Å². The molecule has 1 aromatic rings. The number of carbonyl (C=O) groups excluding carboxylic acids is 1. The molecule has 4 heteroatoms. The van der Waals surface area contributed by atoms with E-state index in [1.54, 1.807) is 19.2 Å². The number of ether oxygens (including phenoxy) is 1. The number of urea groups is 1. The third-order valence-corrected chi connectivity index (χ3v) is 2.69. The highest BCUT2D eigenvalue weighted by Crippen LogP contribution is 2.23. The topological polar surface area (TPSA) is 50.4 Å². The molecule has 0 fully saturated rings. The number of hydrogen-bond donors (Lipinski definition) is 2. The van der Waals surface area contributed by atoms with E-state index in [1.165, 1.54) is 0 Å². The molecule has 0 unspecified atom stereocenters. The second-order valence-electron chi connectivity index (χ2n) is 4.52. The van der Waals surface area contributed by atoms with Crippen molar-refractivity contribution in [3.8, 4) is 5.75 Å². The van der Waals surface area contributed by atoms with Gasteiger partial charge in [-0.15, -0.1) is 0 Å². The second-order valence-corrected chi connectivity index (χ2v) is 4.52. The third-order valence-electron chi connectivity index (χ3n) is 2.69. The largest absolute Gasteiger partial charge is 0.495 e. The molecule has 2 N–H and O–H groups in total. The van der Waals surface area contributed by atoms with Gasteiger partial charge in [-0.25, -0.2) is 4.79 Å². The van der Waals surface area contributed by atoms with Crippen molar-refractivity contribution in [2.75, 3.05) is 12.4 Å². The molecule has 1 rings (SSSR count). The van der Waals surface area contributed by atoms with Crippen molar-refractivity contribution in [2.24, 2.45) is 0 Å². The van der Waals surface area contributed by atoms with Crippen molar-refractivity contribution in [3.05, 3.63) is 24.3 Å². The van der Waals surface area contributed by atoms with Gasteiger partial charge in [-0.1, -0.05) is 19.1 Å². The Balaban J connectivity index is 2.68. The van der Waals surface area contributed by atoms with Crippen LogP contribution in [0.1, 0.15) is 27.2 Å². The lowest BCUT2D eigenvalue weighted by Crippen LogP contribution is -2.45. The van der Waals surface area contributed by atoms with E-state index in [0.717, 1.165) is 6.42 Å². The number of benzene rings is 1. The fourth-order valence-electron chi connectivity index (χ4n) is 1.30. The lowest BCUT2D eigenvalue weighted by molar-refractivity contribution is 0.240. The molecule has 0 bridgehead atoms. The van der Waals surface area contributed by atoms with Crippen molar-refractivity contribution in [1.82, 2.24) is 5.32 Å². The highest BCUT2D eigenvalue weighted by molar-refractivity contribution is 5.91. The van der Waals surface area contributed by atoms with Crippen molar-refractivity contribution in [3.63, 3.8) is 0 Å². The number of anilines is 1. The van der Waals surface area contributed by atoms with Crippen LogP contribution in [0, 0.1) is 0 Å². The number of hydrogen-bond acceptors (Lipinski definition) is 2. The maximum atomic E-state index is 11.8. The molecule has 1 aromatic carbocycles. The highest BCUT2D eigenvalue weighted by atomic mass is 16.5. The Labute approximate surface area is 102 Å². The summed E-state index contributed by atoms with van der Waals surface area (Å²) < 4.78 is 5.16. The maximum Gasteiger partial charge on any atom is 0.319 e. The monoisotopic (exact) mass is 236 g/mol. The predicted molar refractivity (Wildman–Crippen MR) is 69.5 cm³/mol. The summed E-state index contributed by atoms with van der Waals surface area (Å²) in [6.07, 6.45) is 0.867. The minimum absolute atomic E-state index is 0.216. The SMILES string of the molecule is CCC(C)(C)NC(=O)Nc1ccccc1OC. The first kappa shape index (κ1) is 13.4. The van der Waals surface area contributed by atoms with Crippen LogP contribution in [-0.2, 0) is 0 Å². The van der Waals surface area contributed by atoms with Crippen LogP contribution in [-0.4, -0.2) is 18.7 Å². The number of carbonyl (C=O) groups is 1. The Hall–Kier alpha value is -1.71.